The predicted octanol–water partition coefficient (Wildman–Crippen LogP) is 0.801. The van der Waals surface area contributed by atoms with Crippen LogP contribution in [0.1, 0.15) is 40.7 Å². The molecule has 3 aromatic rings. The second-order valence-corrected chi connectivity index (χ2v) is 12.6. The third kappa shape index (κ3) is 7.24. The summed E-state index contributed by atoms with van der Waals surface area (Å²) in [6.45, 7) is -0.581. The monoisotopic (exact) mass is 727 g/mol. The van der Waals surface area contributed by atoms with Crippen LogP contribution in [0.3, 0.4) is 0 Å². The number of nitrogens with two attached hydrogens (primary N) is 1. The average Bonchev–Trinajstić information content (AvgIpc) is 3.70. The molecule has 17 heteroatoms. The second-order valence-electron chi connectivity index (χ2n) is 12.6. The standard InChI is InChI=1S/C35H37NO16/c36-4-5-44-35-34(32(43)31(42)27(50-35)15-46-29(41)12-28(39)40)52-51-22-10-20-23(8-17(22)6-16-2-1-3-18(38)7-16)45-14-21-19-9-25-26(48-30(13-37)47-25)11-24(19)49-33(20)21/h1-3,7-11,21,27,30-35,37-38,42-43H,4-6,12-15,36H2,(H,39,40). The van der Waals surface area contributed by atoms with E-state index in [4.69, 9.17) is 53.8 Å². The Hall–Kier alpha value is -4.88. The number of aliphatic hydroxyl groups excluding tert-OH is 3. The number of carboxylic acid groups (broad SMARTS) is 1. The van der Waals surface area contributed by atoms with Crippen LogP contribution in [0.4, 0.5) is 0 Å². The Morgan fingerprint density at radius 1 is 0.942 bits per heavy atom. The Kier molecular flexibility index (Phi) is 10.2. The van der Waals surface area contributed by atoms with Crippen molar-refractivity contribution in [3.05, 3.63) is 70.8 Å². The van der Waals surface area contributed by atoms with E-state index in [1.54, 1.807) is 36.4 Å². The van der Waals surface area contributed by atoms with Crippen molar-refractivity contribution in [2.45, 2.75) is 61.9 Å². The van der Waals surface area contributed by atoms with Crippen LogP contribution in [-0.2, 0) is 35.1 Å². The van der Waals surface area contributed by atoms with Gasteiger partial charge in [0.25, 0.3) is 6.29 Å². The number of hydrogen-bond acceptors (Lipinski definition) is 16. The summed E-state index contributed by atoms with van der Waals surface area (Å²) < 4.78 is 40.3. The number of esters is 1. The van der Waals surface area contributed by atoms with Crippen molar-refractivity contribution in [3.8, 4) is 34.5 Å². The minimum atomic E-state index is -1.69. The number of carboxylic acids is 1. The fourth-order valence-electron chi connectivity index (χ4n) is 6.52. The van der Waals surface area contributed by atoms with Gasteiger partial charge in [-0.15, -0.1) is 0 Å². The predicted molar refractivity (Wildman–Crippen MR) is 172 cm³/mol. The molecule has 1 fully saturated rings. The van der Waals surface area contributed by atoms with Crippen LogP contribution in [0.15, 0.2) is 48.5 Å². The molecule has 1 saturated heterocycles. The molecule has 0 aliphatic carbocycles. The summed E-state index contributed by atoms with van der Waals surface area (Å²) >= 11 is 0. The molecular weight excluding hydrogens is 690 g/mol. The molecule has 0 amide bonds. The average molecular weight is 728 g/mol. The summed E-state index contributed by atoms with van der Waals surface area (Å²) in [6, 6.07) is 13.6. The van der Waals surface area contributed by atoms with Crippen molar-refractivity contribution in [2.24, 2.45) is 5.73 Å². The number of aromatic hydroxyl groups is 1. The van der Waals surface area contributed by atoms with Gasteiger partial charge in [-0.25, -0.2) is 0 Å². The van der Waals surface area contributed by atoms with Crippen molar-refractivity contribution >= 4 is 11.9 Å². The van der Waals surface area contributed by atoms with E-state index in [0.717, 1.165) is 11.1 Å². The minimum Gasteiger partial charge on any atom is -0.508 e. The van der Waals surface area contributed by atoms with Crippen LogP contribution >= 0.6 is 0 Å². The Balaban J connectivity index is 1.15. The molecule has 0 aromatic heterocycles. The van der Waals surface area contributed by atoms with Crippen LogP contribution in [0.25, 0.3) is 0 Å². The zero-order chi connectivity index (χ0) is 36.5. The summed E-state index contributed by atoms with van der Waals surface area (Å²) in [5.41, 5.74) is 8.39. The number of carbonyl (C=O) groups is 2. The van der Waals surface area contributed by atoms with Gasteiger partial charge < -0.3 is 69.3 Å². The maximum absolute atomic E-state index is 11.8. The van der Waals surface area contributed by atoms with Gasteiger partial charge in [-0.05, 0) is 35.9 Å². The van der Waals surface area contributed by atoms with Crippen molar-refractivity contribution in [1.29, 1.82) is 0 Å². The van der Waals surface area contributed by atoms with E-state index in [0.29, 0.717) is 34.1 Å². The van der Waals surface area contributed by atoms with Gasteiger partial charge in [-0.1, -0.05) is 12.1 Å². The maximum Gasteiger partial charge on any atom is 0.317 e. The number of aliphatic hydroxyl groups is 3. The van der Waals surface area contributed by atoms with Crippen molar-refractivity contribution < 1.29 is 78.1 Å². The normalized spacial score (nSPS) is 26.7. The third-order valence-corrected chi connectivity index (χ3v) is 8.98. The minimum absolute atomic E-state index is 0.0427. The van der Waals surface area contributed by atoms with Crippen molar-refractivity contribution in [3.63, 3.8) is 0 Å². The van der Waals surface area contributed by atoms with E-state index in [1.165, 1.54) is 0 Å². The van der Waals surface area contributed by atoms with Crippen LogP contribution in [0.5, 0.6) is 34.5 Å². The molecule has 4 aliphatic heterocycles. The van der Waals surface area contributed by atoms with E-state index in [-0.39, 0.29) is 50.2 Å². The topological polar surface area (TPSA) is 244 Å². The molecule has 3 aromatic carbocycles. The first-order chi connectivity index (χ1) is 25.1. The third-order valence-electron chi connectivity index (χ3n) is 8.98. The van der Waals surface area contributed by atoms with Gasteiger partial charge in [-0.2, -0.15) is 4.89 Å². The van der Waals surface area contributed by atoms with E-state index in [1.807, 2.05) is 12.1 Å². The highest BCUT2D eigenvalue weighted by molar-refractivity contribution is 5.90. The first-order valence-corrected chi connectivity index (χ1v) is 16.5. The molecular formula is C35H37NO16. The van der Waals surface area contributed by atoms with Gasteiger partial charge >= 0.3 is 11.9 Å². The fourth-order valence-corrected chi connectivity index (χ4v) is 6.52. The van der Waals surface area contributed by atoms with E-state index in [9.17, 15) is 30.0 Å². The quantitative estimate of drug-likeness (QED) is 0.0617. The summed E-state index contributed by atoms with van der Waals surface area (Å²) in [5, 5.41) is 50.4. The number of fused-ring (bicyclic) bond motifs is 6. The first kappa shape index (κ1) is 35.5. The number of phenolic OH excluding ortho intramolecular Hbond substituents is 1. The summed E-state index contributed by atoms with van der Waals surface area (Å²) in [7, 11) is 0. The van der Waals surface area contributed by atoms with Gasteiger partial charge in [0.1, 0.15) is 61.3 Å². The molecule has 278 valence electrons. The molecule has 4 aliphatic rings. The molecule has 7 N–H and O–H groups in total. The number of aliphatic carboxylic acids is 1. The zero-order valence-electron chi connectivity index (χ0n) is 27.5. The molecule has 8 unspecified atom stereocenters. The second kappa shape index (κ2) is 15.0. The SMILES string of the molecule is NCCOC1OC(COC(=O)CC(=O)O)C(O)C(O)C1OOc1cc2c(cc1Cc1cccc(O)c1)OCC1c3cc4c(cc3OC21)OC(CO)O4. The molecule has 0 saturated carbocycles. The molecule has 17 nitrogen and oxygen atoms in total. The van der Waals surface area contributed by atoms with Crippen LogP contribution in [0.2, 0.25) is 0 Å². The first-order valence-electron chi connectivity index (χ1n) is 16.5. The Morgan fingerprint density at radius 3 is 2.50 bits per heavy atom. The van der Waals surface area contributed by atoms with Crippen LogP contribution < -0.4 is 29.6 Å². The lowest BCUT2D eigenvalue weighted by Crippen LogP contribution is -2.60. The van der Waals surface area contributed by atoms with Crippen LogP contribution in [0, 0.1) is 0 Å². The van der Waals surface area contributed by atoms with Gasteiger partial charge in [-0.3, -0.25) is 9.59 Å². The molecule has 7 rings (SSSR count). The smallest absolute Gasteiger partial charge is 0.317 e. The Labute approximate surface area is 295 Å². The number of ether oxygens (including phenoxy) is 7. The molecule has 0 spiro atoms. The number of rotatable bonds is 13. The Morgan fingerprint density at radius 2 is 1.75 bits per heavy atom. The Bertz CT molecular complexity index is 1800. The van der Waals surface area contributed by atoms with Crippen molar-refractivity contribution in [2.75, 3.05) is 33.0 Å². The number of carbonyl (C=O) groups excluding carboxylic acids is 1. The van der Waals surface area contributed by atoms with E-state index in [2.05, 4.69) is 0 Å². The summed E-state index contributed by atoms with van der Waals surface area (Å²) in [6.07, 6.45) is -9.43. The van der Waals surface area contributed by atoms with Crippen LogP contribution in [-0.4, -0.2) is 107 Å². The van der Waals surface area contributed by atoms with Gasteiger partial charge in [0.2, 0.25) is 0 Å². The summed E-state index contributed by atoms with van der Waals surface area (Å²) in [4.78, 5) is 34.3. The molecule has 0 bridgehead atoms. The number of hydrogen-bond donors (Lipinski definition) is 6. The molecule has 0 radical (unpaired) electrons. The molecule has 8 atom stereocenters. The van der Waals surface area contributed by atoms with E-state index < -0.39 is 68.1 Å². The van der Waals surface area contributed by atoms with E-state index >= 15 is 0 Å². The lowest BCUT2D eigenvalue weighted by molar-refractivity contribution is -0.372. The van der Waals surface area contributed by atoms with Gasteiger partial charge in [0.05, 0.1) is 19.1 Å². The number of benzene rings is 3. The lowest BCUT2D eigenvalue weighted by Gasteiger charge is -2.41. The highest BCUT2D eigenvalue weighted by Gasteiger charge is 2.48. The van der Waals surface area contributed by atoms with Crippen molar-refractivity contribution in [1.82, 2.24) is 0 Å². The van der Waals surface area contributed by atoms with Gasteiger partial charge in [0, 0.05) is 35.7 Å². The lowest BCUT2D eigenvalue weighted by atomic mass is 9.88. The number of phenols is 1. The maximum atomic E-state index is 11.8. The highest BCUT2D eigenvalue weighted by Crippen LogP contribution is 2.55. The van der Waals surface area contributed by atoms with Gasteiger partial charge in [0.15, 0.2) is 29.6 Å². The summed E-state index contributed by atoms with van der Waals surface area (Å²) in [5.74, 6) is -0.432. The molecule has 4 heterocycles. The molecule has 52 heavy (non-hydrogen) atoms. The zero-order valence-corrected chi connectivity index (χ0v) is 27.5. The highest BCUT2D eigenvalue weighted by atomic mass is 17.2. The largest absolute Gasteiger partial charge is 0.508 e. The fraction of sp³-hybridized carbons (Fsp3) is 0.429.